The van der Waals surface area contributed by atoms with Gasteiger partial charge in [0, 0.05) is 17.5 Å². The summed E-state index contributed by atoms with van der Waals surface area (Å²) in [6, 6.07) is 0. The van der Waals surface area contributed by atoms with Gasteiger partial charge in [-0.25, -0.2) is 13.8 Å². The molecule has 2 heterocycles. The molecule has 0 bridgehead atoms. The number of nitrogens with zero attached hydrogens (tertiary/aromatic N) is 3. The molecule has 0 spiro atoms. The van der Waals surface area contributed by atoms with Crippen molar-refractivity contribution >= 4 is 17.0 Å². The van der Waals surface area contributed by atoms with Crippen LogP contribution in [-0.4, -0.2) is 21.2 Å². The fraction of sp³-hybridized carbons (Fsp3) is 0.600. The number of alkyl halides is 2. The molecule has 1 aliphatic rings. The third-order valence-corrected chi connectivity index (χ3v) is 4.86. The zero-order valence-electron chi connectivity index (χ0n) is 12.3. The Kier molecular flexibility index (Phi) is 5.02. The number of hydrogen-bond donors (Lipinski definition) is 1. The molecule has 1 fully saturated rings. The maximum atomic E-state index is 12.3. The van der Waals surface area contributed by atoms with E-state index in [4.69, 9.17) is 4.98 Å². The summed E-state index contributed by atoms with van der Waals surface area (Å²) >= 11 is 1.66. The van der Waals surface area contributed by atoms with Crippen LogP contribution >= 0.6 is 11.3 Å². The molecule has 1 aliphatic carbocycles. The van der Waals surface area contributed by atoms with Crippen molar-refractivity contribution in [3.05, 3.63) is 28.5 Å². The Morgan fingerprint density at radius 2 is 2.14 bits per heavy atom. The zero-order chi connectivity index (χ0) is 15.4. The maximum Gasteiger partial charge on any atom is 0.257 e. The lowest BCUT2D eigenvalue weighted by molar-refractivity contribution is 0.122. The average molecular weight is 326 g/mol. The van der Waals surface area contributed by atoms with Gasteiger partial charge in [0.15, 0.2) is 0 Å². The minimum Gasteiger partial charge on any atom is -0.376 e. The highest BCUT2D eigenvalue weighted by Crippen LogP contribution is 2.33. The van der Waals surface area contributed by atoms with Crippen LogP contribution in [0.15, 0.2) is 17.8 Å². The Bertz CT molecular complexity index is 590. The van der Waals surface area contributed by atoms with E-state index in [0.717, 1.165) is 10.7 Å². The van der Waals surface area contributed by atoms with Gasteiger partial charge in [0.25, 0.3) is 6.43 Å². The molecule has 1 N–H and O–H groups in total. The summed E-state index contributed by atoms with van der Waals surface area (Å²) in [7, 11) is 0. The van der Waals surface area contributed by atoms with Crippen molar-refractivity contribution in [2.45, 2.75) is 57.5 Å². The molecule has 2 aromatic rings. The Morgan fingerprint density at radius 3 is 2.91 bits per heavy atom. The van der Waals surface area contributed by atoms with Gasteiger partial charge in [-0.2, -0.15) is 5.10 Å². The van der Waals surface area contributed by atoms with Crippen LogP contribution in [0.1, 0.15) is 48.7 Å². The van der Waals surface area contributed by atoms with E-state index in [9.17, 15) is 8.78 Å². The summed E-state index contributed by atoms with van der Waals surface area (Å²) in [6.07, 6.45) is 7.23. The average Bonchev–Trinajstić information content (AvgIpc) is 3.15. The van der Waals surface area contributed by atoms with Gasteiger partial charge in [-0.05, 0) is 12.8 Å². The first-order valence-corrected chi connectivity index (χ1v) is 8.57. The van der Waals surface area contributed by atoms with Crippen LogP contribution in [0.2, 0.25) is 0 Å². The maximum absolute atomic E-state index is 12.3. The fourth-order valence-electron chi connectivity index (χ4n) is 2.87. The summed E-state index contributed by atoms with van der Waals surface area (Å²) in [5, 5.41) is 10.3. The Balaban J connectivity index is 1.53. The quantitative estimate of drug-likeness (QED) is 0.862. The van der Waals surface area contributed by atoms with Crippen LogP contribution in [0, 0.1) is 0 Å². The van der Waals surface area contributed by atoms with E-state index in [1.54, 1.807) is 23.7 Å². The highest BCUT2D eigenvalue weighted by atomic mass is 32.1. The molecule has 0 radical (unpaired) electrons. The van der Waals surface area contributed by atoms with Gasteiger partial charge in [0.2, 0.25) is 0 Å². The predicted octanol–water partition coefficient (Wildman–Crippen LogP) is 4.26. The third kappa shape index (κ3) is 4.03. The number of aromatic nitrogens is 3. The SMILES string of the molecule is FC(F)Cn1cc(NCc2nc(C3CCCCC3)cs2)cn1. The van der Waals surface area contributed by atoms with Crippen LogP contribution in [0.3, 0.4) is 0 Å². The van der Waals surface area contributed by atoms with Crippen LogP contribution in [0.25, 0.3) is 0 Å². The van der Waals surface area contributed by atoms with E-state index in [2.05, 4.69) is 15.8 Å². The summed E-state index contributed by atoms with van der Waals surface area (Å²) in [6.45, 7) is 0.239. The Morgan fingerprint density at radius 1 is 1.32 bits per heavy atom. The number of hydrogen-bond acceptors (Lipinski definition) is 4. The van der Waals surface area contributed by atoms with Gasteiger partial charge in [-0.3, -0.25) is 4.68 Å². The first-order chi connectivity index (χ1) is 10.7. The molecule has 1 saturated carbocycles. The van der Waals surface area contributed by atoms with Crippen molar-refractivity contribution in [3.8, 4) is 0 Å². The molecule has 0 aliphatic heterocycles. The van der Waals surface area contributed by atoms with E-state index < -0.39 is 6.43 Å². The molecule has 0 unspecified atom stereocenters. The molecule has 0 atom stereocenters. The van der Waals surface area contributed by atoms with Crippen LogP contribution in [0.5, 0.6) is 0 Å². The van der Waals surface area contributed by atoms with Gasteiger partial charge in [0.05, 0.1) is 24.1 Å². The Labute approximate surface area is 132 Å². The normalized spacial score (nSPS) is 16.3. The molecule has 3 rings (SSSR count). The molecule has 22 heavy (non-hydrogen) atoms. The van der Waals surface area contributed by atoms with Crippen molar-refractivity contribution in [2.24, 2.45) is 0 Å². The van der Waals surface area contributed by atoms with E-state index in [0.29, 0.717) is 12.5 Å². The van der Waals surface area contributed by atoms with Gasteiger partial charge < -0.3 is 5.32 Å². The number of nitrogens with one attached hydrogen (secondary N) is 1. The van der Waals surface area contributed by atoms with Crippen molar-refractivity contribution in [3.63, 3.8) is 0 Å². The second-order valence-corrected chi connectivity index (χ2v) is 6.64. The molecule has 7 heteroatoms. The molecular weight excluding hydrogens is 306 g/mol. The molecule has 0 aromatic carbocycles. The van der Waals surface area contributed by atoms with Crippen molar-refractivity contribution < 1.29 is 8.78 Å². The monoisotopic (exact) mass is 326 g/mol. The standard InChI is InChI=1S/C15H20F2N4S/c16-14(17)9-21-8-12(6-19-21)18-7-15-20-13(10-22-15)11-4-2-1-3-5-11/h6,8,10-11,14,18H,1-5,7,9H2. The lowest BCUT2D eigenvalue weighted by Crippen LogP contribution is -2.06. The van der Waals surface area contributed by atoms with E-state index in [-0.39, 0.29) is 6.54 Å². The lowest BCUT2D eigenvalue weighted by atomic mass is 9.87. The number of rotatable bonds is 6. The van der Waals surface area contributed by atoms with E-state index in [1.165, 1.54) is 42.5 Å². The van der Waals surface area contributed by atoms with Gasteiger partial charge in [0.1, 0.15) is 11.6 Å². The predicted molar refractivity (Wildman–Crippen MR) is 83.5 cm³/mol. The molecule has 2 aromatic heterocycles. The third-order valence-electron chi connectivity index (χ3n) is 4.00. The highest BCUT2D eigenvalue weighted by Gasteiger charge is 2.18. The first-order valence-electron chi connectivity index (χ1n) is 7.69. The summed E-state index contributed by atoms with van der Waals surface area (Å²) in [4.78, 5) is 4.71. The number of thiazole rings is 1. The highest BCUT2D eigenvalue weighted by molar-refractivity contribution is 7.09. The Hall–Kier alpha value is -1.50. The van der Waals surface area contributed by atoms with Crippen LogP contribution < -0.4 is 5.32 Å². The second-order valence-electron chi connectivity index (χ2n) is 5.70. The minimum absolute atomic E-state index is 0.370. The van der Waals surface area contributed by atoms with Gasteiger partial charge in [-0.1, -0.05) is 19.3 Å². The summed E-state index contributed by atoms with van der Waals surface area (Å²) in [5.74, 6) is 0.618. The van der Waals surface area contributed by atoms with Crippen molar-refractivity contribution in [2.75, 3.05) is 5.32 Å². The largest absolute Gasteiger partial charge is 0.376 e. The minimum atomic E-state index is -2.38. The summed E-state index contributed by atoms with van der Waals surface area (Å²) in [5.41, 5.74) is 1.96. The topological polar surface area (TPSA) is 42.7 Å². The van der Waals surface area contributed by atoms with E-state index >= 15 is 0 Å². The van der Waals surface area contributed by atoms with Crippen molar-refractivity contribution in [1.29, 1.82) is 0 Å². The molecule has 0 saturated heterocycles. The van der Waals surface area contributed by atoms with Gasteiger partial charge >= 0.3 is 0 Å². The second kappa shape index (κ2) is 7.17. The lowest BCUT2D eigenvalue weighted by Gasteiger charge is -2.19. The molecule has 120 valence electrons. The van der Waals surface area contributed by atoms with E-state index in [1.807, 2.05) is 0 Å². The smallest absolute Gasteiger partial charge is 0.257 e. The van der Waals surface area contributed by atoms with Crippen LogP contribution in [-0.2, 0) is 13.1 Å². The zero-order valence-corrected chi connectivity index (χ0v) is 13.2. The number of halogens is 2. The fourth-order valence-corrected chi connectivity index (χ4v) is 3.68. The number of anilines is 1. The molecular formula is C15H20F2N4S. The van der Waals surface area contributed by atoms with Crippen molar-refractivity contribution in [1.82, 2.24) is 14.8 Å². The summed E-state index contributed by atoms with van der Waals surface area (Å²) < 4.78 is 25.8. The molecule has 4 nitrogen and oxygen atoms in total. The molecule has 0 amide bonds. The first kappa shape index (κ1) is 15.4. The van der Waals surface area contributed by atoms with Crippen LogP contribution in [0.4, 0.5) is 14.5 Å². The van der Waals surface area contributed by atoms with Gasteiger partial charge in [-0.15, -0.1) is 11.3 Å².